The highest BCUT2D eigenvalue weighted by Crippen LogP contribution is 2.16. The van der Waals surface area contributed by atoms with Crippen molar-refractivity contribution >= 4 is 11.6 Å². The molecular weight excluding hydrogens is 252 g/mol. The van der Waals surface area contributed by atoms with Gasteiger partial charge in [0.05, 0.1) is 17.4 Å². The van der Waals surface area contributed by atoms with Gasteiger partial charge >= 0.3 is 0 Å². The van der Waals surface area contributed by atoms with E-state index < -0.39 is 0 Å². The zero-order chi connectivity index (χ0) is 14.5. The first kappa shape index (κ1) is 14.8. The Labute approximate surface area is 121 Å². The number of hydrogen-bond acceptors (Lipinski definition) is 4. The van der Waals surface area contributed by atoms with Gasteiger partial charge in [0.25, 0.3) is 5.91 Å². The zero-order valence-electron chi connectivity index (χ0n) is 12.6. The lowest BCUT2D eigenvalue weighted by atomic mass is 10.2. The van der Waals surface area contributed by atoms with Crippen LogP contribution in [0.15, 0.2) is 18.5 Å². The van der Waals surface area contributed by atoms with E-state index in [0.29, 0.717) is 5.56 Å². The molecule has 0 aliphatic carbocycles. The lowest BCUT2D eigenvalue weighted by Crippen LogP contribution is -2.46. The van der Waals surface area contributed by atoms with Crippen LogP contribution in [0, 0.1) is 0 Å². The van der Waals surface area contributed by atoms with E-state index >= 15 is 0 Å². The minimum absolute atomic E-state index is 0.0541. The van der Waals surface area contributed by atoms with Crippen molar-refractivity contribution < 1.29 is 4.79 Å². The van der Waals surface area contributed by atoms with E-state index in [0.717, 1.165) is 38.4 Å². The molecule has 0 saturated carbocycles. The molecule has 1 aliphatic rings. The number of amides is 1. The van der Waals surface area contributed by atoms with Crippen LogP contribution in [0.2, 0.25) is 0 Å². The molecule has 0 aromatic carbocycles. The summed E-state index contributed by atoms with van der Waals surface area (Å²) >= 11 is 0. The quantitative estimate of drug-likeness (QED) is 0.902. The number of rotatable bonds is 4. The van der Waals surface area contributed by atoms with Gasteiger partial charge in [0.15, 0.2) is 0 Å². The number of hydrogen-bond donors (Lipinski definition) is 1. The molecule has 2 heterocycles. The minimum Gasteiger partial charge on any atom is -0.368 e. The Kier molecular flexibility index (Phi) is 4.95. The van der Waals surface area contributed by atoms with Crippen molar-refractivity contribution in [2.75, 3.05) is 37.6 Å². The summed E-state index contributed by atoms with van der Waals surface area (Å²) in [6.07, 6.45) is 3.47. The number of aromatic nitrogens is 1. The van der Waals surface area contributed by atoms with Gasteiger partial charge < -0.3 is 15.1 Å². The summed E-state index contributed by atoms with van der Waals surface area (Å²) in [5.74, 6) is -0.0541. The molecule has 1 fully saturated rings. The van der Waals surface area contributed by atoms with Crippen molar-refractivity contribution in [2.45, 2.75) is 26.8 Å². The van der Waals surface area contributed by atoms with Crippen LogP contribution in [0.4, 0.5) is 5.69 Å². The molecular formula is C15H24N4O. The predicted octanol–water partition coefficient (Wildman–Crippen LogP) is 1.36. The smallest absolute Gasteiger partial charge is 0.253 e. The molecule has 0 bridgehead atoms. The van der Waals surface area contributed by atoms with Gasteiger partial charge in [0.2, 0.25) is 0 Å². The zero-order valence-corrected chi connectivity index (χ0v) is 12.6. The predicted molar refractivity (Wildman–Crippen MR) is 81.2 cm³/mol. The fourth-order valence-corrected chi connectivity index (χ4v) is 2.39. The molecule has 1 N–H and O–H groups in total. The molecule has 110 valence electrons. The van der Waals surface area contributed by atoms with Crippen LogP contribution in [0.3, 0.4) is 0 Å². The highest BCUT2D eigenvalue weighted by molar-refractivity contribution is 5.94. The van der Waals surface area contributed by atoms with Crippen molar-refractivity contribution in [1.82, 2.24) is 15.2 Å². The lowest BCUT2D eigenvalue weighted by Gasteiger charge is -2.35. The number of nitrogens with zero attached hydrogens (tertiary/aromatic N) is 3. The number of pyridine rings is 1. The largest absolute Gasteiger partial charge is 0.368 e. The van der Waals surface area contributed by atoms with Crippen molar-refractivity contribution in [3.05, 3.63) is 24.0 Å². The van der Waals surface area contributed by atoms with Crippen LogP contribution < -0.4 is 10.2 Å². The second kappa shape index (κ2) is 6.70. The first-order valence-electron chi connectivity index (χ1n) is 7.33. The van der Waals surface area contributed by atoms with E-state index in [4.69, 9.17) is 0 Å². The van der Waals surface area contributed by atoms with Gasteiger partial charge in [-0.2, -0.15) is 0 Å². The topological polar surface area (TPSA) is 48.5 Å². The van der Waals surface area contributed by atoms with Crippen LogP contribution in [0.1, 0.15) is 31.1 Å². The fourth-order valence-electron chi connectivity index (χ4n) is 2.39. The SMILES string of the molecule is CCN1CCN(c2cncc(C(=O)NC(C)C)c2)CC1. The van der Waals surface area contributed by atoms with Crippen LogP contribution in [-0.4, -0.2) is 54.6 Å². The van der Waals surface area contributed by atoms with Gasteiger partial charge in [-0.3, -0.25) is 9.78 Å². The molecule has 0 spiro atoms. The summed E-state index contributed by atoms with van der Waals surface area (Å²) in [7, 11) is 0. The molecule has 0 atom stereocenters. The number of anilines is 1. The normalized spacial score (nSPS) is 16.5. The Balaban J connectivity index is 2.04. The number of carbonyl (C=O) groups excluding carboxylic acids is 1. The molecule has 0 unspecified atom stereocenters. The maximum Gasteiger partial charge on any atom is 0.253 e. The lowest BCUT2D eigenvalue weighted by molar-refractivity contribution is 0.0943. The molecule has 1 aliphatic heterocycles. The number of nitrogens with one attached hydrogen (secondary N) is 1. The molecule has 0 radical (unpaired) electrons. The van der Waals surface area contributed by atoms with E-state index in [-0.39, 0.29) is 11.9 Å². The highest BCUT2D eigenvalue weighted by Gasteiger charge is 2.17. The molecule has 2 rings (SSSR count). The summed E-state index contributed by atoms with van der Waals surface area (Å²) in [5, 5.41) is 2.90. The standard InChI is InChI=1S/C15H24N4O/c1-4-18-5-7-19(8-6-18)14-9-13(10-16-11-14)15(20)17-12(2)3/h9-12H,4-8H2,1-3H3,(H,17,20). The molecule has 20 heavy (non-hydrogen) atoms. The van der Waals surface area contributed by atoms with Crippen molar-refractivity contribution in [3.8, 4) is 0 Å². The Hall–Kier alpha value is -1.62. The summed E-state index contributed by atoms with van der Waals surface area (Å²) in [5.41, 5.74) is 1.67. The minimum atomic E-state index is -0.0541. The van der Waals surface area contributed by atoms with Gasteiger partial charge in [-0.25, -0.2) is 0 Å². The van der Waals surface area contributed by atoms with E-state index in [1.807, 2.05) is 26.1 Å². The first-order valence-corrected chi connectivity index (χ1v) is 7.33. The summed E-state index contributed by atoms with van der Waals surface area (Å²) < 4.78 is 0. The summed E-state index contributed by atoms with van der Waals surface area (Å²) in [4.78, 5) is 20.9. The van der Waals surface area contributed by atoms with Crippen molar-refractivity contribution in [3.63, 3.8) is 0 Å². The van der Waals surface area contributed by atoms with Gasteiger partial charge in [-0.05, 0) is 26.5 Å². The van der Waals surface area contributed by atoms with Crippen LogP contribution in [0.5, 0.6) is 0 Å². The molecule has 1 aromatic rings. The van der Waals surface area contributed by atoms with E-state index in [2.05, 4.69) is 27.0 Å². The first-order chi connectivity index (χ1) is 9.60. The van der Waals surface area contributed by atoms with E-state index in [1.54, 1.807) is 6.20 Å². The second-order valence-electron chi connectivity index (χ2n) is 5.48. The maximum absolute atomic E-state index is 12.0. The highest BCUT2D eigenvalue weighted by atomic mass is 16.1. The third-order valence-electron chi connectivity index (χ3n) is 3.59. The monoisotopic (exact) mass is 276 g/mol. The van der Waals surface area contributed by atoms with Gasteiger partial charge in [0.1, 0.15) is 0 Å². The number of piperazine rings is 1. The fraction of sp³-hybridized carbons (Fsp3) is 0.600. The van der Waals surface area contributed by atoms with Gasteiger partial charge in [-0.15, -0.1) is 0 Å². The second-order valence-corrected chi connectivity index (χ2v) is 5.48. The Morgan fingerprint density at radius 2 is 2.00 bits per heavy atom. The van der Waals surface area contributed by atoms with Crippen LogP contribution >= 0.6 is 0 Å². The average molecular weight is 276 g/mol. The Morgan fingerprint density at radius 3 is 2.60 bits per heavy atom. The van der Waals surface area contributed by atoms with Crippen LogP contribution in [0.25, 0.3) is 0 Å². The third-order valence-corrected chi connectivity index (χ3v) is 3.59. The third kappa shape index (κ3) is 3.70. The summed E-state index contributed by atoms with van der Waals surface area (Å²) in [6.45, 7) is 11.3. The molecule has 5 nitrogen and oxygen atoms in total. The molecule has 1 saturated heterocycles. The van der Waals surface area contributed by atoms with Gasteiger partial charge in [-0.1, -0.05) is 6.92 Å². The number of likely N-dealkylation sites (N-methyl/N-ethyl adjacent to an activating group) is 1. The maximum atomic E-state index is 12.0. The van der Waals surface area contributed by atoms with E-state index in [9.17, 15) is 4.79 Å². The molecule has 1 amide bonds. The Bertz CT molecular complexity index is 453. The Morgan fingerprint density at radius 1 is 1.30 bits per heavy atom. The van der Waals surface area contributed by atoms with Crippen molar-refractivity contribution in [2.24, 2.45) is 0 Å². The van der Waals surface area contributed by atoms with Crippen LogP contribution in [-0.2, 0) is 0 Å². The summed E-state index contributed by atoms with van der Waals surface area (Å²) in [6, 6.07) is 2.08. The molecule has 5 heteroatoms. The average Bonchev–Trinajstić information content (AvgIpc) is 2.47. The van der Waals surface area contributed by atoms with Crippen molar-refractivity contribution in [1.29, 1.82) is 0 Å². The molecule has 1 aromatic heterocycles. The van der Waals surface area contributed by atoms with Gasteiger partial charge in [0, 0.05) is 38.4 Å². The van der Waals surface area contributed by atoms with E-state index in [1.165, 1.54) is 0 Å². The number of carbonyl (C=O) groups is 1.